The number of aliphatic hydroxyl groups is 1. The molecule has 3 N–H and O–H groups in total. The Bertz CT molecular complexity index is 1160. The molecule has 3 heterocycles. The van der Waals surface area contributed by atoms with Crippen LogP contribution in [0.3, 0.4) is 0 Å². The average Bonchev–Trinajstić information content (AvgIpc) is 3.56. The van der Waals surface area contributed by atoms with E-state index in [-0.39, 0.29) is 41.1 Å². The second-order valence-electron chi connectivity index (χ2n) is 11.8. The predicted molar refractivity (Wildman–Crippen MR) is 150 cm³/mol. The molecule has 8 nitrogen and oxygen atoms in total. The standard InChI is InChI=1S/C28H38F3N5O3S/c1-5-21(16-6-7-16)35-22-12-20(28(29,30)31)19(13-32-22)24(40)23(26(38)36-17-8-9-18(36)11-10-17)34-15(2)25(37)33-14-27(3,4)39/h12-13,16-18,21,23,39H,5-11,14H2,1-4H3,(H,32,35)(H,33,37)/t17?,18?,21-,23?/m0/s1. The van der Waals surface area contributed by atoms with Crippen molar-refractivity contribution >= 4 is 40.4 Å². The van der Waals surface area contributed by atoms with Gasteiger partial charge in [0, 0.05) is 36.4 Å². The molecule has 1 aromatic heterocycles. The van der Waals surface area contributed by atoms with Crippen molar-refractivity contribution in [3.05, 3.63) is 23.4 Å². The molecule has 4 rings (SSSR count). The summed E-state index contributed by atoms with van der Waals surface area (Å²) in [4.78, 5) is 36.5. The Morgan fingerprint density at radius 2 is 1.77 bits per heavy atom. The fourth-order valence-electron chi connectivity index (χ4n) is 5.67. The number of carbonyl (C=O) groups is 2. The van der Waals surface area contributed by atoms with Crippen molar-refractivity contribution in [1.82, 2.24) is 15.2 Å². The van der Waals surface area contributed by atoms with Gasteiger partial charge in [0.05, 0.1) is 21.7 Å². The van der Waals surface area contributed by atoms with Gasteiger partial charge < -0.3 is 20.6 Å². The van der Waals surface area contributed by atoms with Crippen molar-refractivity contribution in [2.75, 3.05) is 11.9 Å². The largest absolute Gasteiger partial charge is 0.417 e. The number of nitrogens with one attached hydrogen (secondary N) is 2. The van der Waals surface area contributed by atoms with E-state index in [0.29, 0.717) is 5.92 Å². The highest BCUT2D eigenvalue weighted by Crippen LogP contribution is 2.40. The topological polar surface area (TPSA) is 107 Å². The first kappa shape index (κ1) is 30.4. The first-order valence-corrected chi connectivity index (χ1v) is 14.4. The van der Waals surface area contributed by atoms with Crippen molar-refractivity contribution in [3.63, 3.8) is 0 Å². The number of aromatic nitrogens is 1. The molecule has 1 aliphatic carbocycles. The van der Waals surface area contributed by atoms with Crippen LogP contribution < -0.4 is 10.6 Å². The van der Waals surface area contributed by atoms with Gasteiger partial charge in [-0.2, -0.15) is 13.2 Å². The number of hydrogen-bond donors (Lipinski definition) is 3. The fraction of sp³-hybridized carbons (Fsp3) is 0.679. The lowest BCUT2D eigenvalue weighted by Gasteiger charge is -2.27. The third kappa shape index (κ3) is 6.99. The van der Waals surface area contributed by atoms with Crippen molar-refractivity contribution in [2.45, 2.75) is 109 Å². The van der Waals surface area contributed by atoms with Crippen molar-refractivity contribution in [1.29, 1.82) is 0 Å². The average molecular weight is 582 g/mol. The number of alkyl halides is 3. The number of thiocarbonyl (C=S) groups is 1. The van der Waals surface area contributed by atoms with E-state index in [0.717, 1.165) is 57.2 Å². The molecule has 0 aromatic carbocycles. The summed E-state index contributed by atoms with van der Waals surface area (Å²) >= 11 is 5.56. The Morgan fingerprint density at radius 1 is 1.18 bits per heavy atom. The number of pyridine rings is 1. The van der Waals surface area contributed by atoms with Gasteiger partial charge in [0.2, 0.25) is 0 Å². The van der Waals surface area contributed by atoms with E-state index in [2.05, 4.69) is 20.6 Å². The van der Waals surface area contributed by atoms with Gasteiger partial charge in [-0.3, -0.25) is 14.6 Å². The number of carbonyl (C=O) groups excluding carboxylic acids is 2. The number of fused-ring (bicyclic) bond motifs is 2. The van der Waals surface area contributed by atoms with Crippen LogP contribution in [-0.2, 0) is 15.8 Å². The van der Waals surface area contributed by atoms with Gasteiger partial charge in [-0.05, 0) is 77.7 Å². The lowest BCUT2D eigenvalue weighted by atomic mass is 10.00. The predicted octanol–water partition coefficient (Wildman–Crippen LogP) is 4.29. The lowest BCUT2D eigenvalue weighted by molar-refractivity contribution is -0.138. The molecule has 3 fully saturated rings. The van der Waals surface area contributed by atoms with E-state index < -0.39 is 40.8 Å². The van der Waals surface area contributed by atoms with Crippen LogP contribution in [0.1, 0.15) is 83.8 Å². The molecule has 2 aliphatic heterocycles. The lowest BCUT2D eigenvalue weighted by Crippen LogP contribution is -2.46. The SMILES string of the molecule is CC[C@H](Nc1cc(C(F)(F)F)c(C(=S)C(N=C(C)C(=O)NCC(C)(C)O)C(=O)N2C3CCC2CC3)cn1)C1CC1. The van der Waals surface area contributed by atoms with Crippen molar-refractivity contribution in [2.24, 2.45) is 10.9 Å². The normalized spacial score (nSPS) is 22.7. The zero-order valence-corrected chi connectivity index (χ0v) is 24.2. The van der Waals surface area contributed by atoms with Crippen LogP contribution in [0.5, 0.6) is 0 Å². The number of hydrogen-bond acceptors (Lipinski definition) is 7. The molecule has 2 saturated heterocycles. The van der Waals surface area contributed by atoms with Crippen LogP contribution >= 0.6 is 12.2 Å². The van der Waals surface area contributed by atoms with Gasteiger partial charge in [-0.25, -0.2) is 4.98 Å². The highest BCUT2D eigenvalue weighted by molar-refractivity contribution is 7.81. The molecule has 2 amide bonds. The molecule has 0 radical (unpaired) electrons. The third-order valence-electron chi connectivity index (χ3n) is 7.96. The van der Waals surface area contributed by atoms with E-state index in [9.17, 15) is 27.9 Å². The molecule has 40 heavy (non-hydrogen) atoms. The molecule has 1 saturated carbocycles. The third-order valence-corrected chi connectivity index (χ3v) is 8.40. The van der Waals surface area contributed by atoms with Crippen molar-refractivity contribution < 1.29 is 27.9 Å². The maximum absolute atomic E-state index is 14.3. The van der Waals surface area contributed by atoms with E-state index in [1.165, 1.54) is 20.8 Å². The minimum atomic E-state index is -4.76. The minimum absolute atomic E-state index is 0.0116. The minimum Gasteiger partial charge on any atom is -0.389 e. The summed E-state index contributed by atoms with van der Waals surface area (Å²) in [5.74, 6) is -0.630. The molecular formula is C28H38F3N5O3S. The van der Waals surface area contributed by atoms with Crippen LogP contribution in [0.15, 0.2) is 17.3 Å². The van der Waals surface area contributed by atoms with Gasteiger partial charge in [0.25, 0.3) is 11.8 Å². The van der Waals surface area contributed by atoms with Gasteiger partial charge >= 0.3 is 6.18 Å². The van der Waals surface area contributed by atoms with Crippen LogP contribution in [0.4, 0.5) is 19.0 Å². The Labute approximate surface area is 238 Å². The number of aliphatic imine (C=N–C) groups is 1. The number of anilines is 1. The van der Waals surface area contributed by atoms with Gasteiger partial charge in [0.15, 0.2) is 6.04 Å². The molecular weight excluding hydrogens is 543 g/mol. The summed E-state index contributed by atoms with van der Waals surface area (Å²) < 4.78 is 43.0. The summed E-state index contributed by atoms with van der Waals surface area (Å²) in [7, 11) is 0. The van der Waals surface area contributed by atoms with Gasteiger partial charge in [-0.1, -0.05) is 19.1 Å². The Balaban J connectivity index is 1.68. The number of rotatable bonds is 11. The summed E-state index contributed by atoms with van der Waals surface area (Å²) in [5, 5.41) is 15.6. The molecule has 12 heteroatoms. The van der Waals surface area contributed by atoms with Gasteiger partial charge in [-0.15, -0.1) is 0 Å². The van der Waals surface area contributed by atoms with E-state index in [4.69, 9.17) is 12.2 Å². The molecule has 1 unspecified atom stereocenters. The van der Waals surface area contributed by atoms with E-state index >= 15 is 0 Å². The summed E-state index contributed by atoms with van der Waals surface area (Å²) in [5.41, 5.74) is -2.70. The molecule has 2 atom stereocenters. The van der Waals surface area contributed by atoms with Crippen molar-refractivity contribution in [3.8, 4) is 0 Å². The summed E-state index contributed by atoms with van der Waals surface area (Å²) in [6, 6.07) is -0.549. The second-order valence-corrected chi connectivity index (χ2v) is 12.2. The molecule has 0 spiro atoms. The summed E-state index contributed by atoms with van der Waals surface area (Å²) in [6.45, 7) is 6.31. The quantitative estimate of drug-likeness (QED) is 0.205. The summed E-state index contributed by atoms with van der Waals surface area (Å²) in [6.07, 6.45) is 2.39. The maximum Gasteiger partial charge on any atom is 0.417 e. The Morgan fingerprint density at radius 3 is 2.27 bits per heavy atom. The molecule has 2 bridgehead atoms. The number of nitrogens with zero attached hydrogens (tertiary/aromatic N) is 3. The number of amides is 2. The first-order valence-electron chi connectivity index (χ1n) is 13.9. The molecule has 3 aliphatic rings. The van der Waals surface area contributed by atoms with Gasteiger partial charge in [0.1, 0.15) is 5.82 Å². The monoisotopic (exact) mass is 581 g/mol. The Kier molecular flexibility index (Phi) is 8.89. The second kappa shape index (κ2) is 11.7. The highest BCUT2D eigenvalue weighted by atomic mass is 32.1. The zero-order valence-electron chi connectivity index (χ0n) is 23.3. The van der Waals surface area contributed by atoms with Crippen LogP contribution in [0.2, 0.25) is 0 Å². The fourth-order valence-corrected chi connectivity index (χ4v) is 5.99. The molecule has 220 valence electrons. The zero-order chi connectivity index (χ0) is 29.4. The van der Waals surface area contributed by atoms with Crippen LogP contribution in [0, 0.1) is 5.92 Å². The Hall–Kier alpha value is -2.60. The van der Waals surface area contributed by atoms with Crippen LogP contribution in [0.25, 0.3) is 0 Å². The maximum atomic E-state index is 14.3. The molecule has 1 aromatic rings. The number of halogens is 3. The van der Waals surface area contributed by atoms with E-state index in [1.54, 1.807) is 4.90 Å². The van der Waals surface area contributed by atoms with E-state index in [1.807, 2.05) is 6.92 Å². The first-order chi connectivity index (χ1) is 18.7. The van der Waals surface area contributed by atoms with Crippen LogP contribution in [-0.4, -0.2) is 73.7 Å². The smallest absolute Gasteiger partial charge is 0.389 e. The highest BCUT2D eigenvalue weighted by Gasteiger charge is 2.46.